The van der Waals surface area contributed by atoms with E-state index in [1.54, 1.807) is 24.5 Å². The van der Waals surface area contributed by atoms with E-state index in [1.807, 2.05) is 255 Å². The maximum atomic E-state index is 8.70. The Labute approximate surface area is 775 Å². The van der Waals surface area contributed by atoms with Crippen molar-refractivity contribution in [2.75, 3.05) is 63.0 Å². The molecule has 20 heteroatoms. The summed E-state index contributed by atoms with van der Waals surface area (Å²) in [5.41, 5.74) is 22.9. The molecule has 25 rings (SSSR count). The first-order valence-corrected chi connectivity index (χ1v) is 44.6. The fraction of sp³-hybridized carbons (Fsp3) is 0.234. The molecule has 10 aromatic heterocycles. The summed E-state index contributed by atoms with van der Waals surface area (Å²) in [5.74, 6) is 3.69. The van der Waals surface area contributed by atoms with Gasteiger partial charge in [0.2, 0.25) is 0 Å². The lowest BCUT2D eigenvalue weighted by molar-refractivity contribution is 0.602. The number of hydrogen-bond acceptors (Lipinski definition) is 20. The van der Waals surface area contributed by atoms with Crippen LogP contribution < -0.4 is 49.0 Å². The van der Waals surface area contributed by atoms with E-state index in [2.05, 4.69) is 154 Å². The molecule has 0 spiro atoms. The minimum Gasteiger partial charge on any atom is -0.454 e. The van der Waals surface area contributed by atoms with Gasteiger partial charge in [-0.2, -0.15) is 0 Å². The minimum atomic E-state index is -2.30. The van der Waals surface area contributed by atoms with E-state index in [9.17, 15) is 0 Å². The Bertz CT molecular complexity index is 7160. The standard InChI is InChI=1S/3C23H23N3O.2C21H19N3O/c3*1-14(2)25-16(4)26(23-19(25)9-7-13-24-23)21-15(3)11-12-18-17-8-5-6-10-20(17)27-22(18)21;1-13-10-11-16-15-7-4-5-9-18(15)25-20(16)19(13)24-14(2)23(3)21-17(24)8-6-12-22-21;1-13-10-11-16-15-7-4-5-9-18(15)25-20(16)19(13)24-14(2)23(3)17-8-6-12-22-21(17)24/h3*5-14,16H,1-4H3;2*4-12,14H,1-3H3/i3*14D;2*3D3. The predicted molar refractivity (Wildman–Crippen MR) is 541 cm³/mol. The van der Waals surface area contributed by atoms with Gasteiger partial charge in [0, 0.05) is 125 Å². The topological polar surface area (TPSA) is 163 Å². The van der Waals surface area contributed by atoms with Crippen molar-refractivity contribution in [1.29, 1.82) is 0 Å². The van der Waals surface area contributed by atoms with E-state index < -0.39 is 44.3 Å². The molecule has 0 saturated heterocycles. The third-order valence-electron chi connectivity index (χ3n) is 26.3. The Balaban J connectivity index is 0.000000104. The highest BCUT2D eigenvalue weighted by Gasteiger charge is 2.44. The molecular weight excluding hydrogens is 1620 g/mol. The number of rotatable bonds is 8. The zero-order chi connectivity index (χ0) is 98.1. The maximum absolute atomic E-state index is 8.70. The number of furan rings is 5. The molecule has 131 heavy (non-hydrogen) atoms. The zero-order valence-corrected chi connectivity index (χ0v) is 76.1. The Kier molecular flexibility index (Phi) is 18.2. The molecule has 0 radical (unpaired) electrons. The molecule has 20 nitrogen and oxygen atoms in total. The Hall–Kier alpha value is -15.1. The first-order chi connectivity index (χ1) is 66.9. The average molecular weight is 1740 g/mol. The summed E-state index contributed by atoms with van der Waals surface area (Å²) in [6.45, 7) is 27.4. The number of aromatic nitrogens is 5. The smallest absolute Gasteiger partial charge is 0.159 e. The third-order valence-corrected chi connectivity index (χ3v) is 26.3. The number of anilines is 15. The highest BCUT2D eigenvalue weighted by Crippen LogP contribution is 2.55. The van der Waals surface area contributed by atoms with E-state index in [0.717, 1.165) is 206 Å². The monoisotopic (exact) mass is 1740 g/mol. The maximum Gasteiger partial charge on any atom is 0.159 e. The second-order valence-electron chi connectivity index (χ2n) is 35.0. The van der Waals surface area contributed by atoms with Crippen molar-refractivity contribution in [3.8, 4) is 0 Å². The van der Waals surface area contributed by atoms with Crippen LogP contribution in [0, 0.1) is 34.6 Å². The second-order valence-corrected chi connectivity index (χ2v) is 35.0. The van der Waals surface area contributed by atoms with Gasteiger partial charge in [0.15, 0.2) is 57.0 Å². The van der Waals surface area contributed by atoms with Gasteiger partial charge in [0.1, 0.15) is 58.7 Å². The molecule has 5 aliphatic rings. The molecule has 0 N–H and O–H groups in total. The van der Waals surface area contributed by atoms with Crippen LogP contribution in [0.1, 0.15) is 116 Å². The van der Waals surface area contributed by atoms with E-state index in [4.69, 9.17) is 49.4 Å². The molecule has 656 valence electrons. The Morgan fingerprint density at radius 2 is 0.473 bits per heavy atom. The lowest BCUT2D eigenvalue weighted by Crippen LogP contribution is -2.42. The van der Waals surface area contributed by atoms with Crippen molar-refractivity contribution >= 4 is 196 Å². The predicted octanol–water partition coefficient (Wildman–Crippen LogP) is 28.5. The summed E-state index contributed by atoms with van der Waals surface area (Å²) in [4.78, 5) is 42.8. The number of hydrogen-bond donors (Lipinski definition) is 0. The normalized spacial score (nSPS) is 18.2. The molecule has 5 aliphatic heterocycles. The largest absolute Gasteiger partial charge is 0.454 e. The van der Waals surface area contributed by atoms with Gasteiger partial charge in [0.05, 0.1) is 61.0 Å². The minimum absolute atomic E-state index is 0.0603. The van der Waals surface area contributed by atoms with Crippen molar-refractivity contribution < 1.29 is 34.4 Å². The van der Waals surface area contributed by atoms with Gasteiger partial charge >= 0.3 is 0 Å². The number of nitrogens with zero attached hydrogens (tertiary/aromatic N) is 15. The summed E-state index contributed by atoms with van der Waals surface area (Å²) >= 11 is 0. The number of benzene rings is 10. The van der Waals surface area contributed by atoms with Crippen LogP contribution in [0.4, 0.5) is 86.0 Å². The van der Waals surface area contributed by atoms with Crippen molar-refractivity contribution in [2.24, 2.45) is 0 Å². The lowest BCUT2D eigenvalue weighted by Gasteiger charge is -2.33. The fourth-order valence-electron chi connectivity index (χ4n) is 20.5. The van der Waals surface area contributed by atoms with Crippen molar-refractivity contribution in [3.05, 3.63) is 301 Å². The number of aryl methyl sites for hydroxylation is 5. The molecule has 10 aromatic carbocycles. The Morgan fingerprint density at radius 1 is 0.244 bits per heavy atom. The molecule has 0 fully saturated rings. The molecule has 5 atom stereocenters. The summed E-state index contributed by atoms with van der Waals surface area (Å²) < 4.78 is 106. The van der Waals surface area contributed by atoms with E-state index in [-0.39, 0.29) is 18.5 Å². The third kappa shape index (κ3) is 13.3. The van der Waals surface area contributed by atoms with Crippen LogP contribution in [0.3, 0.4) is 0 Å². The van der Waals surface area contributed by atoms with Crippen molar-refractivity contribution in [3.63, 3.8) is 0 Å². The molecule has 5 unspecified atom stereocenters. The average Bonchev–Trinajstić information content (AvgIpc) is 1.59. The number of para-hydroxylation sites is 5. The van der Waals surface area contributed by atoms with Crippen LogP contribution in [0.5, 0.6) is 0 Å². The van der Waals surface area contributed by atoms with Crippen LogP contribution in [-0.2, 0) is 0 Å². The Morgan fingerprint density at radius 3 is 0.748 bits per heavy atom. The molecular formula is C111H107N15O5. The zero-order valence-electron chi connectivity index (χ0n) is 85.1. The number of fused-ring (bicyclic) bond motifs is 20. The van der Waals surface area contributed by atoms with Crippen molar-refractivity contribution in [2.45, 2.75) is 160 Å². The lowest BCUT2D eigenvalue weighted by atomic mass is 10.1. The second kappa shape index (κ2) is 32.6. The van der Waals surface area contributed by atoms with Gasteiger partial charge in [0.25, 0.3) is 0 Å². The first kappa shape index (κ1) is 72.9. The van der Waals surface area contributed by atoms with E-state index in [1.165, 1.54) is 9.80 Å². The van der Waals surface area contributed by atoms with Gasteiger partial charge < -0.3 is 71.1 Å². The molecule has 0 bridgehead atoms. The summed E-state index contributed by atoms with van der Waals surface area (Å²) in [6, 6.07) is 78.2. The highest BCUT2D eigenvalue weighted by atomic mass is 16.3. The molecule has 0 aliphatic carbocycles. The SMILES string of the molecule is [2H]C(C)(C)N1c2cccnc2N(c2c(C)ccc3c2oc2ccccc23)C1C.[2H]C(C)(C)N1c2cccnc2N(c2c(C)ccc3c2oc2ccccc23)C1C.[2H]C(C)(C)N1c2cccnc2N(c2c(C)ccc3c2oc2ccccc23)C1C.[2H]C([2H])([2H])N1c2cccnc2N(c2c(C)ccc3c2oc2ccccc23)C1C.[2H]C([2H])([2H])N1c2ncccc2N(c2c(C)ccc3c2oc2ccccc23)C1C. The molecule has 15 heterocycles. The molecule has 20 aromatic rings. The summed E-state index contributed by atoms with van der Waals surface area (Å²) in [7, 11) is 0. The van der Waals surface area contributed by atoms with Gasteiger partial charge in [-0.05, 0) is 230 Å². The van der Waals surface area contributed by atoms with Crippen LogP contribution in [-0.4, -0.2) is 87.8 Å². The van der Waals surface area contributed by atoms with E-state index >= 15 is 0 Å². The first-order valence-electron chi connectivity index (χ1n) is 49.1. The summed E-state index contributed by atoms with van der Waals surface area (Å²) in [5, 5.41) is 10.8. The van der Waals surface area contributed by atoms with Crippen LogP contribution in [0.15, 0.2) is 296 Å². The number of pyridine rings is 5. The van der Waals surface area contributed by atoms with Gasteiger partial charge in [-0.1, -0.05) is 152 Å². The summed E-state index contributed by atoms with van der Waals surface area (Å²) in [6.07, 6.45) is 7.70. The van der Waals surface area contributed by atoms with Gasteiger partial charge in [-0.15, -0.1) is 0 Å². The van der Waals surface area contributed by atoms with Crippen molar-refractivity contribution in [1.82, 2.24) is 24.9 Å². The molecule has 0 amide bonds. The quantitative estimate of drug-likeness (QED) is 0.141. The van der Waals surface area contributed by atoms with Crippen LogP contribution in [0.2, 0.25) is 0 Å². The van der Waals surface area contributed by atoms with E-state index in [0.29, 0.717) is 17.3 Å². The highest BCUT2D eigenvalue weighted by molar-refractivity contribution is 6.16. The fourth-order valence-corrected chi connectivity index (χ4v) is 20.5. The van der Waals surface area contributed by atoms with Crippen LogP contribution in [0.25, 0.3) is 110 Å². The molecule has 0 saturated carbocycles. The van der Waals surface area contributed by atoms with Crippen LogP contribution >= 0.6 is 0 Å². The van der Waals surface area contributed by atoms with Gasteiger partial charge in [-0.25, -0.2) is 24.9 Å². The van der Waals surface area contributed by atoms with Gasteiger partial charge in [-0.3, -0.25) is 0 Å².